The Morgan fingerprint density at radius 2 is 1.81 bits per heavy atom. The van der Waals surface area contributed by atoms with Crippen molar-refractivity contribution in [1.29, 1.82) is 0 Å². The minimum atomic E-state index is -3.05. The minimum absolute atomic E-state index is 0.0780. The Kier molecular flexibility index (Phi) is 5.52. The first kappa shape index (κ1) is 19.4. The van der Waals surface area contributed by atoms with Crippen LogP contribution in [0.2, 0.25) is 0 Å². The maximum atomic E-state index is 12.0. The van der Waals surface area contributed by atoms with Gasteiger partial charge in [0.2, 0.25) is 11.6 Å². The number of hydrogen-bond donors (Lipinski definition) is 0. The Labute approximate surface area is 159 Å². The topological polar surface area (TPSA) is 81.5 Å². The lowest BCUT2D eigenvalue weighted by Gasteiger charge is -2.41. The van der Waals surface area contributed by atoms with E-state index < -0.39 is 9.84 Å². The molecule has 0 saturated carbocycles. The number of hydrazine groups is 1. The van der Waals surface area contributed by atoms with Crippen molar-refractivity contribution in [3.8, 4) is 17.2 Å². The Bertz CT molecular complexity index is 856. The van der Waals surface area contributed by atoms with Gasteiger partial charge in [-0.1, -0.05) is 0 Å². The van der Waals surface area contributed by atoms with Gasteiger partial charge in [-0.3, -0.25) is 0 Å². The van der Waals surface area contributed by atoms with Crippen LogP contribution in [0.25, 0.3) is 0 Å². The Balaban J connectivity index is 2.10. The smallest absolute Gasteiger partial charge is 0.214 e. The molecule has 0 radical (unpaired) electrons. The van der Waals surface area contributed by atoms with Crippen molar-refractivity contribution in [3.05, 3.63) is 30.5 Å². The van der Waals surface area contributed by atoms with Crippen LogP contribution in [0, 0.1) is 0 Å². The van der Waals surface area contributed by atoms with E-state index in [1.165, 1.54) is 0 Å². The van der Waals surface area contributed by atoms with Gasteiger partial charge in [0.15, 0.2) is 21.3 Å². The molecule has 8 nitrogen and oxygen atoms in total. The molecule has 0 aliphatic carbocycles. The average molecular weight is 396 g/mol. The van der Waals surface area contributed by atoms with Crippen molar-refractivity contribution in [2.24, 2.45) is 0 Å². The SMILES string of the molecule is COc1cc(N(c2ccco2)N2CCS(=O)(=O)CC2C)cc(OC)c1OC. The van der Waals surface area contributed by atoms with Gasteiger partial charge in [-0.15, -0.1) is 0 Å². The first-order chi connectivity index (χ1) is 12.9. The zero-order valence-electron chi connectivity index (χ0n) is 15.8. The number of hydrogen-bond acceptors (Lipinski definition) is 8. The van der Waals surface area contributed by atoms with E-state index in [9.17, 15) is 8.42 Å². The summed E-state index contributed by atoms with van der Waals surface area (Å²) in [5, 5.41) is 3.82. The number of methoxy groups -OCH3 is 3. The molecular formula is C18H24N2O6S. The molecule has 0 N–H and O–H groups in total. The first-order valence-electron chi connectivity index (χ1n) is 8.50. The molecule has 2 heterocycles. The lowest BCUT2D eigenvalue weighted by atomic mass is 10.2. The summed E-state index contributed by atoms with van der Waals surface area (Å²) >= 11 is 0. The molecule has 27 heavy (non-hydrogen) atoms. The summed E-state index contributed by atoms with van der Waals surface area (Å²) in [4.78, 5) is 0. The maximum absolute atomic E-state index is 12.0. The van der Waals surface area contributed by atoms with E-state index in [0.29, 0.717) is 35.4 Å². The third-order valence-electron chi connectivity index (χ3n) is 4.50. The second kappa shape index (κ2) is 7.69. The molecular weight excluding hydrogens is 372 g/mol. The number of ether oxygens (including phenoxy) is 3. The number of rotatable bonds is 6. The lowest BCUT2D eigenvalue weighted by molar-refractivity contribution is 0.218. The van der Waals surface area contributed by atoms with Crippen LogP contribution in [0.1, 0.15) is 6.92 Å². The number of sulfone groups is 1. The van der Waals surface area contributed by atoms with E-state index in [0.717, 1.165) is 0 Å². The van der Waals surface area contributed by atoms with Crippen molar-refractivity contribution >= 4 is 21.4 Å². The van der Waals surface area contributed by atoms with Crippen molar-refractivity contribution in [2.75, 3.05) is 44.4 Å². The molecule has 0 bridgehead atoms. The van der Waals surface area contributed by atoms with Crippen LogP contribution in [0.4, 0.5) is 11.6 Å². The van der Waals surface area contributed by atoms with E-state index in [4.69, 9.17) is 18.6 Å². The molecule has 0 spiro atoms. The van der Waals surface area contributed by atoms with Crippen LogP contribution in [0.15, 0.2) is 34.9 Å². The summed E-state index contributed by atoms with van der Waals surface area (Å²) in [6.07, 6.45) is 1.58. The van der Waals surface area contributed by atoms with E-state index >= 15 is 0 Å². The molecule has 2 aromatic rings. The third kappa shape index (κ3) is 3.84. The highest BCUT2D eigenvalue weighted by molar-refractivity contribution is 7.91. The van der Waals surface area contributed by atoms with Gasteiger partial charge < -0.3 is 18.6 Å². The van der Waals surface area contributed by atoms with Crippen molar-refractivity contribution in [2.45, 2.75) is 13.0 Å². The number of anilines is 2. The van der Waals surface area contributed by atoms with Gasteiger partial charge in [-0.05, 0) is 13.0 Å². The molecule has 1 aromatic carbocycles. The molecule has 1 fully saturated rings. The summed E-state index contributed by atoms with van der Waals surface area (Å²) in [7, 11) is 1.59. The third-order valence-corrected chi connectivity index (χ3v) is 6.30. The van der Waals surface area contributed by atoms with Crippen LogP contribution in [0.3, 0.4) is 0 Å². The fourth-order valence-electron chi connectivity index (χ4n) is 3.27. The highest BCUT2D eigenvalue weighted by Crippen LogP contribution is 2.43. The normalized spacial score (nSPS) is 19.5. The summed E-state index contributed by atoms with van der Waals surface area (Å²) in [6, 6.07) is 6.98. The van der Waals surface area contributed by atoms with Gasteiger partial charge >= 0.3 is 0 Å². The monoisotopic (exact) mass is 396 g/mol. The number of nitrogens with zero attached hydrogens (tertiary/aromatic N) is 2. The maximum Gasteiger partial charge on any atom is 0.214 e. The molecule has 0 amide bonds. The van der Waals surface area contributed by atoms with Gasteiger partial charge in [0.25, 0.3) is 0 Å². The van der Waals surface area contributed by atoms with Gasteiger partial charge in [0, 0.05) is 30.8 Å². The van der Waals surface area contributed by atoms with Gasteiger partial charge in [-0.25, -0.2) is 18.4 Å². The molecule has 1 unspecified atom stereocenters. The molecule has 148 valence electrons. The molecule has 1 aliphatic rings. The predicted molar refractivity (Wildman–Crippen MR) is 102 cm³/mol. The summed E-state index contributed by atoms with van der Waals surface area (Å²) in [5.74, 6) is 2.21. The molecule has 1 aliphatic heterocycles. The highest BCUT2D eigenvalue weighted by atomic mass is 32.2. The van der Waals surface area contributed by atoms with Crippen LogP contribution in [-0.2, 0) is 9.84 Å². The Morgan fingerprint density at radius 1 is 1.15 bits per heavy atom. The van der Waals surface area contributed by atoms with Gasteiger partial charge in [0.1, 0.15) is 0 Å². The van der Waals surface area contributed by atoms with Crippen LogP contribution in [-0.4, -0.2) is 58.8 Å². The van der Waals surface area contributed by atoms with Crippen LogP contribution < -0.4 is 19.2 Å². The van der Waals surface area contributed by atoms with Crippen LogP contribution >= 0.6 is 0 Å². The lowest BCUT2D eigenvalue weighted by Crippen LogP contribution is -2.54. The van der Waals surface area contributed by atoms with E-state index in [-0.39, 0.29) is 17.5 Å². The van der Waals surface area contributed by atoms with Gasteiger partial charge in [-0.2, -0.15) is 0 Å². The Morgan fingerprint density at radius 3 is 2.30 bits per heavy atom. The molecule has 3 rings (SSSR count). The fraction of sp³-hybridized carbons (Fsp3) is 0.444. The number of furan rings is 1. The first-order valence-corrected chi connectivity index (χ1v) is 10.3. The van der Waals surface area contributed by atoms with Crippen molar-refractivity contribution in [3.63, 3.8) is 0 Å². The number of benzene rings is 1. The quantitative estimate of drug-likeness (QED) is 0.737. The average Bonchev–Trinajstić information content (AvgIpc) is 3.16. The predicted octanol–water partition coefficient (Wildman–Crippen LogP) is 2.48. The van der Waals surface area contributed by atoms with E-state index in [1.807, 2.05) is 23.0 Å². The largest absolute Gasteiger partial charge is 0.493 e. The second-order valence-corrected chi connectivity index (χ2v) is 8.50. The molecule has 1 atom stereocenters. The second-order valence-electron chi connectivity index (χ2n) is 6.27. The summed E-state index contributed by atoms with van der Waals surface area (Å²) in [6.45, 7) is 2.23. The van der Waals surface area contributed by atoms with Crippen LogP contribution in [0.5, 0.6) is 17.2 Å². The zero-order valence-corrected chi connectivity index (χ0v) is 16.7. The van der Waals surface area contributed by atoms with Crippen molar-refractivity contribution < 1.29 is 27.0 Å². The molecule has 1 saturated heterocycles. The summed E-state index contributed by atoms with van der Waals surface area (Å²) in [5.41, 5.74) is 0.714. The standard InChI is InChI=1S/C18H24N2O6S/c1-13-12-27(21,22)9-7-19(13)20(17-6-5-8-26-17)14-10-15(23-2)18(25-4)16(11-14)24-3/h5-6,8,10-11,13H,7,9,12H2,1-4H3. The molecule has 1 aromatic heterocycles. The minimum Gasteiger partial charge on any atom is -0.493 e. The summed E-state index contributed by atoms with van der Waals surface area (Å²) < 4.78 is 46.0. The fourth-order valence-corrected chi connectivity index (χ4v) is 4.81. The molecule has 9 heteroatoms. The van der Waals surface area contributed by atoms with E-state index in [2.05, 4.69) is 0 Å². The zero-order chi connectivity index (χ0) is 19.6. The van der Waals surface area contributed by atoms with Crippen molar-refractivity contribution in [1.82, 2.24) is 5.01 Å². The van der Waals surface area contributed by atoms with E-state index in [1.54, 1.807) is 45.8 Å². The highest BCUT2D eigenvalue weighted by Gasteiger charge is 2.34. The van der Waals surface area contributed by atoms with Gasteiger partial charge in [0.05, 0.1) is 44.8 Å². The Hall–Kier alpha value is -2.39.